The van der Waals surface area contributed by atoms with Crippen molar-refractivity contribution in [2.75, 3.05) is 5.73 Å². The van der Waals surface area contributed by atoms with Crippen LogP contribution in [0.25, 0.3) is 16.7 Å². The Hall–Kier alpha value is -1.95. The Bertz CT molecular complexity index is 783. The van der Waals surface area contributed by atoms with Gasteiger partial charge < -0.3 is 5.73 Å². The first-order valence-corrected chi connectivity index (χ1v) is 6.24. The number of hydrogen-bond acceptors (Lipinski definition) is 2. The van der Waals surface area contributed by atoms with Gasteiger partial charge in [0.05, 0.1) is 16.7 Å². The van der Waals surface area contributed by atoms with E-state index in [0.717, 1.165) is 22.7 Å². The molecule has 0 spiro atoms. The summed E-state index contributed by atoms with van der Waals surface area (Å²) in [6, 6.07) is 8.53. The fourth-order valence-electron chi connectivity index (χ4n) is 1.98. The van der Waals surface area contributed by atoms with Gasteiger partial charge in [0.15, 0.2) is 0 Å². The van der Waals surface area contributed by atoms with Gasteiger partial charge in [-0.1, -0.05) is 15.9 Å². The van der Waals surface area contributed by atoms with Crippen LogP contribution in [0.5, 0.6) is 0 Å². The lowest BCUT2D eigenvalue weighted by molar-refractivity contribution is 0.594. The predicted molar refractivity (Wildman–Crippen MR) is 73.1 cm³/mol. The maximum atomic E-state index is 13.9. The summed E-state index contributed by atoms with van der Waals surface area (Å²) in [6.07, 6.45) is 0. The molecule has 2 N–H and O–H groups in total. The minimum absolute atomic E-state index is 0.0399. The molecule has 2 aromatic carbocycles. The molecule has 0 aliphatic carbocycles. The number of nitrogen functional groups attached to an aromatic ring is 1. The Morgan fingerprint density at radius 1 is 1.11 bits per heavy atom. The first-order chi connectivity index (χ1) is 9.06. The third-order valence-corrected chi connectivity index (χ3v) is 3.28. The van der Waals surface area contributed by atoms with E-state index in [9.17, 15) is 8.78 Å². The molecular formula is C13H8BrF2N3. The van der Waals surface area contributed by atoms with E-state index in [2.05, 4.69) is 20.9 Å². The molecule has 0 saturated carbocycles. The summed E-state index contributed by atoms with van der Waals surface area (Å²) in [5.41, 5.74) is 7.06. The lowest BCUT2D eigenvalue weighted by Gasteiger charge is -2.08. The summed E-state index contributed by atoms with van der Waals surface area (Å²) >= 11 is 3.33. The topological polar surface area (TPSA) is 43.8 Å². The van der Waals surface area contributed by atoms with Crippen molar-refractivity contribution in [3.63, 3.8) is 0 Å². The Morgan fingerprint density at radius 2 is 1.89 bits per heavy atom. The summed E-state index contributed by atoms with van der Waals surface area (Å²) in [5.74, 6) is -0.988. The smallest absolute Gasteiger partial charge is 0.206 e. The first kappa shape index (κ1) is 12.1. The summed E-state index contributed by atoms with van der Waals surface area (Å²) in [4.78, 5) is 4.13. The van der Waals surface area contributed by atoms with E-state index in [-0.39, 0.29) is 11.6 Å². The van der Waals surface area contributed by atoms with Gasteiger partial charge in [-0.25, -0.2) is 13.8 Å². The predicted octanol–water partition coefficient (Wildman–Crippen LogP) is 3.65. The molecule has 96 valence electrons. The molecule has 0 bridgehead atoms. The number of nitrogens with zero attached hydrogens (tertiary/aromatic N) is 2. The Morgan fingerprint density at radius 3 is 2.68 bits per heavy atom. The molecule has 0 unspecified atom stereocenters. The third kappa shape index (κ3) is 1.98. The van der Waals surface area contributed by atoms with Crippen molar-refractivity contribution < 1.29 is 8.78 Å². The second-order valence-corrected chi connectivity index (χ2v) is 4.95. The Labute approximate surface area is 115 Å². The van der Waals surface area contributed by atoms with Crippen molar-refractivity contribution >= 4 is 32.9 Å². The van der Waals surface area contributed by atoms with Crippen molar-refractivity contribution in [1.29, 1.82) is 0 Å². The Kier molecular flexibility index (Phi) is 2.74. The van der Waals surface area contributed by atoms with Crippen LogP contribution in [0.1, 0.15) is 0 Å². The largest absolute Gasteiger partial charge is 0.369 e. The van der Waals surface area contributed by atoms with Crippen LogP contribution in [-0.2, 0) is 0 Å². The number of imidazole rings is 1. The second kappa shape index (κ2) is 4.31. The van der Waals surface area contributed by atoms with Gasteiger partial charge in [-0.3, -0.25) is 4.57 Å². The van der Waals surface area contributed by atoms with Gasteiger partial charge in [0.1, 0.15) is 11.6 Å². The van der Waals surface area contributed by atoms with E-state index in [1.165, 1.54) is 4.57 Å². The highest BCUT2D eigenvalue weighted by molar-refractivity contribution is 9.10. The fraction of sp³-hybridized carbons (Fsp3) is 0. The third-order valence-electron chi connectivity index (χ3n) is 2.79. The number of halogens is 3. The number of fused-ring (bicyclic) bond motifs is 1. The van der Waals surface area contributed by atoms with Crippen LogP contribution in [0.2, 0.25) is 0 Å². The molecule has 0 saturated heterocycles. The van der Waals surface area contributed by atoms with Gasteiger partial charge in [0.25, 0.3) is 0 Å². The van der Waals surface area contributed by atoms with Crippen LogP contribution in [0.4, 0.5) is 14.7 Å². The molecule has 3 rings (SSSR count). The summed E-state index contributed by atoms with van der Waals surface area (Å²) in [6.45, 7) is 0. The van der Waals surface area contributed by atoms with Crippen LogP contribution in [0.15, 0.2) is 40.9 Å². The average molecular weight is 324 g/mol. The van der Waals surface area contributed by atoms with Gasteiger partial charge in [-0.05, 0) is 30.3 Å². The fourth-order valence-corrected chi connectivity index (χ4v) is 2.33. The second-order valence-electron chi connectivity index (χ2n) is 4.03. The molecule has 0 aliphatic rings. The van der Waals surface area contributed by atoms with Crippen LogP contribution >= 0.6 is 15.9 Å². The molecule has 6 heteroatoms. The molecule has 19 heavy (non-hydrogen) atoms. The van der Waals surface area contributed by atoms with Crippen molar-refractivity contribution in [1.82, 2.24) is 9.55 Å². The number of rotatable bonds is 1. The summed E-state index contributed by atoms with van der Waals surface area (Å²) in [7, 11) is 0. The monoisotopic (exact) mass is 323 g/mol. The van der Waals surface area contributed by atoms with Crippen LogP contribution in [-0.4, -0.2) is 9.55 Å². The standard InChI is InChI=1S/C13H8BrF2N3/c14-7-1-4-10-12(5-7)19(13(17)18-10)11-6-8(15)2-3-9(11)16/h1-6H,(H2,17,18). The number of benzene rings is 2. The minimum Gasteiger partial charge on any atom is -0.369 e. The molecule has 1 aromatic heterocycles. The van der Waals surface area contributed by atoms with E-state index < -0.39 is 11.6 Å². The molecule has 0 aliphatic heterocycles. The number of hydrogen-bond donors (Lipinski definition) is 1. The van der Waals surface area contributed by atoms with Gasteiger partial charge in [-0.15, -0.1) is 0 Å². The van der Waals surface area contributed by atoms with Crippen LogP contribution < -0.4 is 5.73 Å². The van der Waals surface area contributed by atoms with Crippen molar-refractivity contribution in [2.24, 2.45) is 0 Å². The van der Waals surface area contributed by atoms with E-state index in [1.54, 1.807) is 18.2 Å². The van der Waals surface area contributed by atoms with Crippen LogP contribution in [0.3, 0.4) is 0 Å². The Balaban J connectivity index is 2.38. The molecule has 0 radical (unpaired) electrons. The lowest BCUT2D eigenvalue weighted by Crippen LogP contribution is -2.03. The molecular weight excluding hydrogens is 316 g/mol. The highest BCUT2D eigenvalue weighted by Gasteiger charge is 2.14. The zero-order chi connectivity index (χ0) is 13.6. The SMILES string of the molecule is Nc1nc2ccc(Br)cc2n1-c1cc(F)ccc1F. The molecule has 3 aromatic rings. The number of anilines is 1. The maximum Gasteiger partial charge on any atom is 0.206 e. The average Bonchev–Trinajstić information content (AvgIpc) is 2.68. The highest BCUT2D eigenvalue weighted by atomic mass is 79.9. The van der Waals surface area contributed by atoms with Crippen molar-refractivity contribution in [3.05, 3.63) is 52.5 Å². The summed E-state index contributed by atoms with van der Waals surface area (Å²) < 4.78 is 29.3. The zero-order valence-electron chi connectivity index (χ0n) is 9.57. The van der Waals surface area contributed by atoms with E-state index in [1.807, 2.05) is 0 Å². The van der Waals surface area contributed by atoms with Crippen molar-refractivity contribution in [3.8, 4) is 5.69 Å². The zero-order valence-corrected chi connectivity index (χ0v) is 11.2. The van der Waals surface area contributed by atoms with E-state index in [0.29, 0.717) is 11.0 Å². The van der Waals surface area contributed by atoms with Gasteiger partial charge in [0, 0.05) is 10.5 Å². The van der Waals surface area contributed by atoms with Gasteiger partial charge in [0.2, 0.25) is 5.95 Å². The lowest BCUT2D eigenvalue weighted by atomic mass is 10.2. The number of nitrogens with two attached hydrogens (primary N) is 1. The number of aromatic nitrogens is 2. The molecule has 0 amide bonds. The normalized spacial score (nSPS) is 11.1. The molecule has 0 fully saturated rings. The molecule has 1 heterocycles. The van der Waals surface area contributed by atoms with Crippen molar-refractivity contribution in [2.45, 2.75) is 0 Å². The van der Waals surface area contributed by atoms with Gasteiger partial charge in [-0.2, -0.15) is 0 Å². The van der Waals surface area contributed by atoms with E-state index in [4.69, 9.17) is 5.73 Å². The molecule has 3 nitrogen and oxygen atoms in total. The van der Waals surface area contributed by atoms with E-state index >= 15 is 0 Å². The highest BCUT2D eigenvalue weighted by Crippen LogP contribution is 2.27. The van der Waals surface area contributed by atoms with Gasteiger partial charge >= 0.3 is 0 Å². The molecule has 0 atom stereocenters. The minimum atomic E-state index is -0.563. The maximum absolute atomic E-state index is 13.9. The summed E-state index contributed by atoms with van der Waals surface area (Å²) in [5, 5.41) is 0. The van der Waals surface area contributed by atoms with Crippen LogP contribution in [0, 0.1) is 11.6 Å². The quantitative estimate of drug-likeness (QED) is 0.742. The first-order valence-electron chi connectivity index (χ1n) is 5.45.